The van der Waals surface area contributed by atoms with Gasteiger partial charge in [-0.1, -0.05) is 6.07 Å². The summed E-state index contributed by atoms with van der Waals surface area (Å²) in [6.45, 7) is 0. The molecule has 0 aromatic heterocycles. The zero-order valence-electron chi connectivity index (χ0n) is 8.04. The lowest BCUT2D eigenvalue weighted by Crippen LogP contribution is -2.05. The molecule has 0 unspecified atom stereocenters. The van der Waals surface area contributed by atoms with E-state index in [4.69, 9.17) is 0 Å². The monoisotopic (exact) mass is 322 g/mol. The highest BCUT2D eigenvalue weighted by Gasteiger charge is 2.06. The second-order valence-corrected chi connectivity index (χ2v) is 4.75. The van der Waals surface area contributed by atoms with Gasteiger partial charge in [0.1, 0.15) is 0 Å². The molecule has 0 N–H and O–H groups in total. The summed E-state index contributed by atoms with van der Waals surface area (Å²) in [5, 5.41) is 0. The number of carbonyl (C=O) groups excluding carboxylic acids is 1. The van der Waals surface area contributed by atoms with Gasteiger partial charge in [0.05, 0.1) is 13.5 Å². The van der Waals surface area contributed by atoms with Gasteiger partial charge in [0, 0.05) is 8.47 Å². The van der Waals surface area contributed by atoms with Gasteiger partial charge in [0.15, 0.2) is 0 Å². The van der Waals surface area contributed by atoms with E-state index in [2.05, 4.69) is 33.4 Å². The molecule has 14 heavy (non-hydrogen) atoms. The zero-order chi connectivity index (χ0) is 10.6. The highest BCUT2D eigenvalue weighted by molar-refractivity contribution is 14.1. The SMILES string of the molecule is COC(=O)Cc1ccc(SC)cc1I. The van der Waals surface area contributed by atoms with Gasteiger partial charge < -0.3 is 4.74 Å². The number of thioether (sulfide) groups is 1. The van der Waals surface area contributed by atoms with Crippen LogP contribution in [-0.2, 0) is 16.0 Å². The summed E-state index contributed by atoms with van der Waals surface area (Å²) in [6, 6.07) is 6.07. The molecule has 76 valence electrons. The molecular weight excluding hydrogens is 311 g/mol. The fourth-order valence-corrected chi connectivity index (χ4v) is 2.38. The third-order valence-corrected chi connectivity index (χ3v) is 3.55. The van der Waals surface area contributed by atoms with Crippen LogP contribution >= 0.6 is 34.4 Å². The minimum atomic E-state index is -0.195. The van der Waals surface area contributed by atoms with E-state index in [0.29, 0.717) is 6.42 Å². The third kappa shape index (κ3) is 3.16. The van der Waals surface area contributed by atoms with Crippen LogP contribution < -0.4 is 0 Å². The maximum atomic E-state index is 11.1. The van der Waals surface area contributed by atoms with Gasteiger partial charge in [-0.15, -0.1) is 11.8 Å². The Kier molecular flexibility index (Phi) is 4.74. The van der Waals surface area contributed by atoms with Gasteiger partial charge in [-0.3, -0.25) is 4.79 Å². The molecule has 0 atom stereocenters. The van der Waals surface area contributed by atoms with Crippen LogP contribution in [0.5, 0.6) is 0 Å². The topological polar surface area (TPSA) is 26.3 Å². The fourth-order valence-electron chi connectivity index (χ4n) is 1.03. The highest BCUT2D eigenvalue weighted by atomic mass is 127. The van der Waals surface area contributed by atoms with Crippen molar-refractivity contribution in [3.8, 4) is 0 Å². The largest absolute Gasteiger partial charge is 0.469 e. The van der Waals surface area contributed by atoms with E-state index in [1.807, 2.05) is 18.4 Å². The molecule has 0 saturated carbocycles. The molecule has 0 radical (unpaired) electrons. The van der Waals surface area contributed by atoms with Gasteiger partial charge >= 0.3 is 5.97 Å². The Bertz CT molecular complexity index is 339. The first-order chi connectivity index (χ1) is 6.67. The maximum absolute atomic E-state index is 11.1. The normalized spacial score (nSPS) is 9.93. The lowest BCUT2D eigenvalue weighted by Gasteiger charge is -2.04. The molecule has 2 nitrogen and oxygen atoms in total. The summed E-state index contributed by atoms with van der Waals surface area (Å²) < 4.78 is 5.73. The van der Waals surface area contributed by atoms with Crippen LogP contribution in [0.25, 0.3) is 0 Å². The van der Waals surface area contributed by atoms with E-state index in [0.717, 1.165) is 9.13 Å². The predicted octanol–water partition coefficient (Wildman–Crippen LogP) is 2.73. The van der Waals surface area contributed by atoms with Crippen molar-refractivity contribution in [2.24, 2.45) is 0 Å². The van der Waals surface area contributed by atoms with E-state index >= 15 is 0 Å². The van der Waals surface area contributed by atoms with Crippen molar-refractivity contribution in [3.05, 3.63) is 27.3 Å². The molecule has 0 aliphatic carbocycles. The van der Waals surface area contributed by atoms with Crippen LogP contribution in [0.4, 0.5) is 0 Å². The molecule has 0 amide bonds. The number of hydrogen-bond donors (Lipinski definition) is 0. The molecule has 0 bridgehead atoms. The number of rotatable bonds is 3. The van der Waals surface area contributed by atoms with Crippen molar-refractivity contribution < 1.29 is 9.53 Å². The summed E-state index contributed by atoms with van der Waals surface area (Å²) in [7, 11) is 1.41. The number of esters is 1. The first-order valence-electron chi connectivity index (χ1n) is 4.06. The van der Waals surface area contributed by atoms with Crippen LogP contribution in [0.15, 0.2) is 23.1 Å². The molecule has 0 heterocycles. The predicted molar refractivity (Wildman–Crippen MR) is 66.7 cm³/mol. The van der Waals surface area contributed by atoms with Crippen LogP contribution in [-0.4, -0.2) is 19.3 Å². The molecular formula is C10H11IO2S. The standard InChI is InChI=1S/C10H11IO2S/c1-13-10(12)5-7-3-4-8(14-2)6-9(7)11/h3-4,6H,5H2,1-2H3. The number of methoxy groups -OCH3 is 1. The Morgan fingerprint density at radius 1 is 1.57 bits per heavy atom. The smallest absolute Gasteiger partial charge is 0.310 e. The summed E-state index contributed by atoms with van der Waals surface area (Å²) in [6.07, 6.45) is 2.38. The zero-order valence-corrected chi connectivity index (χ0v) is 11.0. The molecule has 0 saturated heterocycles. The lowest BCUT2D eigenvalue weighted by atomic mass is 10.1. The van der Waals surface area contributed by atoms with Crippen molar-refractivity contribution in [1.82, 2.24) is 0 Å². The molecule has 0 aliphatic rings. The average molecular weight is 322 g/mol. The number of ether oxygens (including phenoxy) is 1. The Hall–Kier alpha value is -0.230. The lowest BCUT2D eigenvalue weighted by molar-refractivity contribution is -0.139. The number of hydrogen-bond acceptors (Lipinski definition) is 3. The van der Waals surface area contributed by atoms with Crippen molar-refractivity contribution in [2.45, 2.75) is 11.3 Å². The van der Waals surface area contributed by atoms with Crippen molar-refractivity contribution in [3.63, 3.8) is 0 Å². The molecule has 0 fully saturated rings. The van der Waals surface area contributed by atoms with E-state index in [1.165, 1.54) is 12.0 Å². The Labute approximate surface area is 102 Å². The van der Waals surface area contributed by atoms with Crippen LogP contribution in [0.1, 0.15) is 5.56 Å². The van der Waals surface area contributed by atoms with Crippen LogP contribution in [0.2, 0.25) is 0 Å². The van der Waals surface area contributed by atoms with Crippen molar-refractivity contribution >= 4 is 40.3 Å². The number of carbonyl (C=O) groups is 1. The summed E-state index contributed by atoms with van der Waals surface area (Å²) in [5.41, 5.74) is 1.02. The fraction of sp³-hybridized carbons (Fsp3) is 0.300. The molecule has 1 aromatic rings. The molecule has 0 aliphatic heterocycles. The second kappa shape index (κ2) is 5.60. The molecule has 4 heteroatoms. The van der Waals surface area contributed by atoms with E-state index < -0.39 is 0 Å². The van der Waals surface area contributed by atoms with Gasteiger partial charge in [-0.2, -0.15) is 0 Å². The van der Waals surface area contributed by atoms with Gasteiger partial charge in [0.25, 0.3) is 0 Å². The summed E-state index contributed by atoms with van der Waals surface area (Å²) in [5.74, 6) is -0.195. The van der Waals surface area contributed by atoms with E-state index in [1.54, 1.807) is 11.8 Å². The third-order valence-electron chi connectivity index (χ3n) is 1.82. The van der Waals surface area contributed by atoms with Crippen molar-refractivity contribution in [1.29, 1.82) is 0 Å². The molecule has 1 rings (SSSR count). The first kappa shape index (κ1) is 11.8. The Balaban J connectivity index is 2.83. The number of halogens is 1. The number of benzene rings is 1. The first-order valence-corrected chi connectivity index (χ1v) is 6.37. The minimum Gasteiger partial charge on any atom is -0.469 e. The Morgan fingerprint density at radius 2 is 2.29 bits per heavy atom. The van der Waals surface area contributed by atoms with Gasteiger partial charge in [-0.05, 0) is 46.5 Å². The minimum absolute atomic E-state index is 0.195. The van der Waals surface area contributed by atoms with Crippen molar-refractivity contribution in [2.75, 3.05) is 13.4 Å². The molecule has 1 aromatic carbocycles. The van der Waals surface area contributed by atoms with E-state index in [-0.39, 0.29) is 5.97 Å². The maximum Gasteiger partial charge on any atom is 0.310 e. The van der Waals surface area contributed by atoms with Gasteiger partial charge in [-0.25, -0.2) is 0 Å². The quantitative estimate of drug-likeness (QED) is 0.486. The van der Waals surface area contributed by atoms with Crippen LogP contribution in [0.3, 0.4) is 0 Å². The second-order valence-electron chi connectivity index (χ2n) is 2.71. The van der Waals surface area contributed by atoms with Gasteiger partial charge in [0.2, 0.25) is 0 Å². The van der Waals surface area contributed by atoms with Crippen LogP contribution in [0, 0.1) is 3.57 Å². The summed E-state index contributed by atoms with van der Waals surface area (Å²) >= 11 is 3.93. The Morgan fingerprint density at radius 3 is 2.79 bits per heavy atom. The molecule has 0 spiro atoms. The van der Waals surface area contributed by atoms with E-state index in [9.17, 15) is 4.79 Å². The summed E-state index contributed by atoms with van der Waals surface area (Å²) in [4.78, 5) is 12.3. The highest BCUT2D eigenvalue weighted by Crippen LogP contribution is 2.21. The average Bonchev–Trinajstić information content (AvgIpc) is 2.20.